The van der Waals surface area contributed by atoms with Crippen LogP contribution in [0.3, 0.4) is 0 Å². The van der Waals surface area contributed by atoms with Crippen LogP contribution in [0.25, 0.3) is 0 Å². The summed E-state index contributed by atoms with van der Waals surface area (Å²) >= 11 is 0. The van der Waals surface area contributed by atoms with Gasteiger partial charge in [0.1, 0.15) is 0 Å². The van der Waals surface area contributed by atoms with Gasteiger partial charge in [-0.3, -0.25) is 9.69 Å². The van der Waals surface area contributed by atoms with Gasteiger partial charge in [-0.1, -0.05) is 63.2 Å². The lowest BCUT2D eigenvalue weighted by atomic mass is 9.86. The largest absolute Gasteiger partial charge is 0.335 e. The van der Waals surface area contributed by atoms with Gasteiger partial charge in [0.25, 0.3) is 5.91 Å². The molecular formula is C26H33N3O. The highest BCUT2D eigenvalue weighted by Gasteiger charge is 2.28. The molecule has 1 aliphatic heterocycles. The quantitative estimate of drug-likeness (QED) is 0.681. The number of amides is 1. The van der Waals surface area contributed by atoms with Gasteiger partial charge < -0.3 is 4.90 Å². The third kappa shape index (κ3) is 5.70. The lowest BCUT2D eigenvalue weighted by Crippen LogP contribution is -2.47. The summed E-state index contributed by atoms with van der Waals surface area (Å²) in [5.41, 5.74) is 3.32. The molecule has 0 aromatic heterocycles. The van der Waals surface area contributed by atoms with Crippen LogP contribution in [0, 0.1) is 11.3 Å². The summed E-state index contributed by atoms with van der Waals surface area (Å²) in [6.07, 6.45) is 2.27. The average Bonchev–Trinajstić information content (AvgIpc) is 2.75. The van der Waals surface area contributed by atoms with Gasteiger partial charge in [0.15, 0.2) is 0 Å². The van der Waals surface area contributed by atoms with E-state index in [0.29, 0.717) is 18.5 Å². The Kier molecular flexibility index (Phi) is 7.29. The third-order valence-electron chi connectivity index (χ3n) is 5.97. The molecule has 0 atom stereocenters. The molecule has 2 aromatic rings. The predicted octanol–water partition coefficient (Wildman–Crippen LogP) is 5.00. The van der Waals surface area contributed by atoms with Gasteiger partial charge in [-0.25, -0.2) is 0 Å². The second-order valence-corrected chi connectivity index (χ2v) is 9.23. The molecule has 4 heteroatoms. The molecule has 1 fully saturated rings. The molecule has 1 amide bonds. The van der Waals surface area contributed by atoms with E-state index in [2.05, 4.69) is 68.1 Å². The molecule has 0 radical (unpaired) electrons. The molecule has 0 spiro atoms. The van der Waals surface area contributed by atoms with Crippen LogP contribution in [0.2, 0.25) is 0 Å². The van der Waals surface area contributed by atoms with Crippen LogP contribution in [-0.4, -0.2) is 41.4 Å². The van der Waals surface area contributed by atoms with E-state index in [-0.39, 0.29) is 17.4 Å². The van der Waals surface area contributed by atoms with Crippen molar-refractivity contribution in [2.75, 3.05) is 19.6 Å². The van der Waals surface area contributed by atoms with Crippen LogP contribution in [0.4, 0.5) is 0 Å². The number of carbonyl (C=O) groups is 1. The van der Waals surface area contributed by atoms with Crippen molar-refractivity contribution in [3.8, 4) is 6.07 Å². The van der Waals surface area contributed by atoms with Gasteiger partial charge in [0.05, 0.1) is 12.5 Å². The Labute approximate surface area is 181 Å². The minimum atomic E-state index is 0.0484. The zero-order valence-corrected chi connectivity index (χ0v) is 18.5. The van der Waals surface area contributed by atoms with E-state index in [1.165, 1.54) is 11.1 Å². The monoisotopic (exact) mass is 403 g/mol. The van der Waals surface area contributed by atoms with Crippen molar-refractivity contribution in [2.24, 2.45) is 0 Å². The standard InChI is InChI=1S/C26H33N3O/c1-26(2,3)23-12-10-22(11-13-23)25(30)29(17-7-16-27)24-14-18-28(19-15-24)20-21-8-5-4-6-9-21/h4-6,8-13,24H,7,14-15,17-20H2,1-3H3. The second-order valence-electron chi connectivity index (χ2n) is 9.23. The average molecular weight is 404 g/mol. The van der Waals surface area contributed by atoms with Gasteiger partial charge in [0, 0.05) is 37.8 Å². The molecule has 1 heterocycles. The number of carbonyl (C=O) groups excluding carboxylic acids is 1. The summed E-state index contributed by atoms with van der Waals surface area (Å²) in [7, 11) is 0. The van der Waals surface area contributed by atoms with Crippen molar-refractivity contribution in [1.82, 2.24) is 9.80 Å². The first-order chi connectivity index (χ1) is 14.4. The normalized spacial score (nSPS) is 15.5. The molecule has 30 heavy (non-hydrogen) atoms. The van der Waals surface area contributed by atoms with Crippen LogP contribution < -0.4 is 0 Å². The van der Waals surface area contributed by atoms with Crippen molar-refractivity contribution < 1.29 is 4.79 Å². The molecule has 0 unspecified atom stereocenters. The number of hydrogen-bond acceptors (Lipinski definition) is 3. The Morgan fingerprint density at radius 1 is 1.07 bits per heavy atom. The summed E-state index contributed by atoms with van der Waals surface area (Å²) in [5, 5.41) is 9.10. The number of likely N-dealkylation sites (tertiary alicyclic amines) is 1. The second kappa shape index (κ2) is 9.91. The predicted molar refractivity (Wildman–Crippen MR) is 121 cm³/mol. The van der Waals surface area contributed by atoms with Gasteiger partial charge in [-0.05, 0) is 41.5 Å². The minimum absolute atomic E-state index is 0.0484. The number of hydrogen-bond donors (Lipinski definition) is 0. The maximum atomic E-state index is 13.3. The van der Waals surface area contributed by atoms with Crippen LogP contribution in [0.15, 0.2) is 54.6 Å². The lowest BCUT2D eigenvalue weighted by molar-refractivity contribution is 0.0571. The Balaban J connectivity index is 1.65. The minimum Gasteiger partial charge on any atom is -0.335 e. The Hall–Kier alpha value is -2.64. The van der Waals surface area contributed by atoms with Crippen LogP contribution >= 0.6 is 0 Å². The van der Waals surface area contributed by atoms with Gasteiger partial charge >= 0.3 is 0 Å². The zero-order valence-electron chi connectivity index (χ0n) is 18.5. The van der Waals surface area contributed by atoms with Crippen molar-refractivity contribution in [2.45, 2.75) is 58.0 Å². The van der Waals surface area contributed by atoms with Gasteiger partial charge in [-0.15, -0.1) is 0 Å². The van der Waals surface area contributed by atoms with Crippen LogP contribution in [0.5, 0.6) is 0 Å². The van der Waals surface area contributed by atoms with E-state index in [9.17, 15) is 4.79 Å². The maximum Gasteiger partial charge on any atom is 0.254 e. The van der Waals surface area contributed by atoms with E-state index < -0.39 is 0 Å². The number of rotatable bonds is 6. The molecule has 0 aliphatic carbocycles. The van der Waals surface area contributed by atoms with Crippen molar-refractivity contribution in [3.05, 3.63) is 71.3 Å². The summed E-state index contributed by atoms with van der Waals surface area (Å²) in [4.78, 5) is 17.7. The fourth-order valence-electron chi connectivity index (χ4n) is 4.13. The zero-order chi connectivity index (χ0) is 21.6. The first-order valence-electron chi connectivity index (χ1n) is 10.9. The van der Waals surface area contributed by atoms with E-state index in [1.54, 1.807) is 0 Å². The fraction of sp³-hybridized carbons (Fsp3) is 0.462. The molecule has 158 valence electrons. The highest BCUT2D eigenvalue weighted by atomic mass is 16.2. The van der Waals surface area contributed by atoms with Crippen molar-refractivity contribution in [3.63, 3.8) is 0 Å². The summed E-state index contributed by atoms with van der Waals surface area (Å²) < 4.78 is 0. The maximum absolute atomic E-state index is 13.3. The van der Waals surface area contributed by atoms with Crippen molar-refractivity contribution >= 4 is 5.91 Å². The molecule has 3 rings (SSSR count). The highest BCUT2D eigenvalue weighted by Crippen LogP contribution is 2.24. The number of piperidine rings is 1. The van der Waals surface area contributed by atoms with E-state index in [1.807, 2.05) is 23.1 Å². The lowest BCUT2D eigenvalue weighted by Gasteiger charge is -2.38. The smallest absolute Gasteiger partial charge is 0.254 e. The van der Waals surface area contributed by atoms with E-state index in [4.69, 9.17) is 5.26 Å². The van der Waals surface area contributed by atoms with Crippen LogP contribution in [-0.2, 0) is 12.0 Å². The SMILES string of the molecule is CC(C)(C)c1ccc(C(=O)N(CCC#N)C2CCN(Cc3ccccc3)CC2)cc1. The number of benzene rings is 2. The summed E-state index contributed by atoms with van der Waals surface area (Å²) in [6, 6.07) is 20.9. The van der Waals surface area contributed by atoms with Gasteiger partial charge in [-0.2, -0.15) is 5.26 Å². The van der Waals surface area contributed by atoms with Gasteiger partial charge in [0.2, 0.25) is 0 Å². The first kappa shape index (κ1) is 22.1. The van der Waals surface area contributed by atoms with Crippen LogP contribution in [0.1, 0.15) is 61.5 Å². The molecular weight excluding hydrogens is 370 g/mol. The molecule has 4 nitrogen and oxygen atoms in total. The Morgan fingerprint density at radius 3 is 2.27 bits per heavy atom. The molecule has 0 N–H and O–H groups in total. The Morgan fingerprint density at radius 2 is 1.70 bits per heavy atom. The third-order valence-corrected chi connectivity index (χ3v) is 5.97. The molecule has 2 aromatic carbocycles. The van der Waals surface area contributed by atoms with E-state index >= 15 is 0 Å². The summed E-state index contributed by atoms with van der Waals surface area (Å²) in [5.74, 6) is 0.0484. The first-order valence-corrected chi connectivity index (χ1v) is 10.9. The highest BCUT2D eigenvalue weighted by molar-refractivity contribution is 5.94. The molecule has 0 bridgehead atoms. The topological polar surface area (TPSA) is 47.3 Å². The van der Waals surface area contributed by atoms with E-state index in [0.717, 1.165) is 32.5 Å². The van der Waals surface area contributed by atoms with Crippen molar-refractivity contribution in [1.29, 1.82) is 5.26 Å². The summed E-state index contributed by atoms with van der Waals surface area (Å²) in [6.45, 7) is 9.91. The fourth-order valence-corrected chi connectivity index (χ4v) is 4.13. The number of nitrogens with zero attached hydrogens (tertiary/aromatic N) is 3. The molecule has 1 aliphatic rings. The number of nitriles is 1. The molecule has 1 saturated heterocycles. The Bertz CT molecular complexity index is 854. The molecule has 0 saturated carbocycles.